The largest absolute Gasteiger partial charge is 0.359 e. The summed E-state index contributed by atoms with van der Waals surface area (Å²) in [6.45, 7) is 1.90. The Bertz CT molecular complexity index is 666. The summed E-state index contributed by atoms with van der Waals surface area (Å²) < 4.78 is 5.05. The molecule has 108 valence electrons. The molecule has 0 spiro atoms. The number of rotatable bonds is 4. The lowest BCUT2D eigenvalue weighted by Gasteiger charge is -2.10. The number of urea groups is 1. The molecule has 2 heterocycles. The van der Waals surface area contributed by atoms with Crippen molar-refractivity contribution >= 4 is 11.9 Å². The van der Waals surface area contributed by atoms with Crippen molar-refractivity contribution in [2.24, 2.45) is 0 Å². The van der Waals surface area contributed by atoms with Crippen molar-refractivity contribution in [3.05, 3.63) is 53.4 Å². The lowest BCUT2D eigenvalue weighted by atomic mass is 10.1. The highest BCUT2D eigenvalue weighted by Crippen LogP contribution is 2.15. The van der Waals surface area contributed by atoms with Crippen LogP contribution in [0.2, 0.25) is 0 Å². The average molecular weight is 285 g/mol. The molecule has 1 aromatic heterocycles. The number of aromatic nitrogens is 1. The van der Waals surface area contributed by atoms with Crippen LogP contribution in [-0.2, 0) is 17.8 Å². The first-order chi connectivity index (χ1) is 10.1. The molecule has 6 nitrogen and oxygen atoms in total. The minimum absolute atomic E-state index is 0.108. The smallest absolute Gasteiger partial charge is 0.325 e. The van der Waals surface area contributed by atoms with Crippen LogP contribution in [-0.4, -0.2) is 28.0 Å². The summed E-state index contributed by atoms with van der Waals surface area (Å²) in [5.41, 5.74) is 1.73. The first kappa shape index (κ1) is 13.4. The standard InChI is InChI=1S/C15H15N3O3/c1-10-7-12(21-17-10)9-18-14(19)13(16-15(18)20)8-11-5-3-2-4-6-11/h2-7,13H,8-9H2,1H3,(H,16,20)/t13-/m1/s1. The Morgan fingerprint density at radius 1 is 1.29 bits per heavy atom. The average Bonchev–Trinajstić information content (AvgIpc) is 2.99. The van der Waals surface area contributed by atoms with Crippen LogP contribution >= 0.6 is 0 Å². The Hall–Kier alpha value is -2.63. The lowest BCUT2D eigenvalue weighted by Crippen LogP contribution is -2.32. The zero-order chi connectivity index (χ0) is 14.8. The third kappa shape index (κ3) is 2.79. The monoisotopic (exact) mass is 285 g/mol. The van der Waals surface area contributed by atoms with Crippen molar-refractivity contribution in [2.75, 3.05) is 0 Å². The topological polar surface area (TPSA) is 75.4 Å². The van der Waals surface area contributed by atoms with E-state index in [-0.39, 0.29) is 12.5 Å². The van der Waals surface area contributed by atoms with E-state index in [0.717, 1.165) is 16.2 Å². The van der Waals surface area contributed by atoms with Gasteiger partial charge in [-0.2, -0.15) is 0 Å². The number of nitrogens with zero attached hydrogens (tertiary/aromatic N) is 2. The van der Waals surface area contributed by atoms with Crippen molar-refractivity contribution in [3.63, 3.8) is 0 Å². The molecule has 3 rings (SSSR count). The molecule has 2 aromatic rings. The predicted octanol–water partition coefficient (Wildman–Crippen LogP) is 1.65. The van der Waals surface area contributed by atoms with Gasteiger partial charge in [-0.05, 0) is 12.5 Å². The van der Waals surface area contributed by atoms with E-state index in [1.807, 2.05) is 30.3 Å². The third-order valence-corrected chi connectivity index (χ3v) is 3.38. The molecule has 0 bridgehead atoms. The van der Waals surface area contributed by atoms with Crippen molar-refractivity contribution < 1.29 is 14.1 Å². The summed E-state index contributed by atoms with van der Waals surface area (Å²) in [4.78, 5) is 25.4. The number of hydrogen-bond acceptors (Lipinski definition) is 4. The van der Waals surface area contributed by atoms with Crippen molar-refractivity contribution in [1.29, 1.82) is 0 Å². The summed E-state index contributed by atoms with van der Waals surface area (Å²) in [5.74, 6) is 0.259. The van der Waals surface area contributed by atoms with Gasteiger partial charge in [0.15, 0.2) is 5.76 Å². The summed E-state index contributed by atoms with van der Waals surface area (Å²) >= 11 is 0. The first-order valence-corrected chi connectivity index (χ1v) is 6.71. The predicted molar refractivity (Wildman–Crippen MR) is 74.3 cm³/mol. The van der Waals surface area contributed by atoms with Crippen LogP contribution in [0, 0.1) is 6.92 Å². The molecule has 0 unspecified atom stereocenters. The van der Waals surface area contributed by atoms with E-state index in [4.69, 9.17) is 4.52 Å². The van der Waals surface area contributed by atoms with Crippen LogP contribution in [0.3, 0.4) is 0 Å². The molecule has 1 N–H and O–H groups in total. The Kier molecular flexibility index (Phi) is 3.43. The fourth-order valence-electron chi connectivity index (χ4n) is 2.36. The molecular formula is C15H15N3O3. The van der Waals surface area contributed by atoms with Crippen LogP contribution in [0.5, 0.6) is 0 Å². The number of benzene rings is 1. The maximum absolute atomic E-state index is 12.3. The van der Waals surface area contributed by atoms with Gasteiger partial charge in [-0.15, -0.1) is 0 Å². The maximum atomic E-state index is 12.3. The van der Waals surface area contributed by atoms with Crippen molar-refractivity contribution in [1.82, 2.24) is 15.4 Å². The number of carbonyl (C=O) groups excluding carboxylic acids is 2. The minimum Gasteiger partial charge on any atom is -0.359 e. The second-order valence-electron chi connectivity index (χ2n) is 5.05. The van der Waals surface area contributed by atoms with Gasteiger partial charge in [-0.25, -0.2) is 4.79 Å². The van der Waals surface area contributed by atoms with Gasteiger partial charge in [0.1, 0.15) is 6.04 Å². The number of hydrogen-bond donors (Lipinski definition) is 1. The van der Waals surface area contributed by atoms with Gasteiger partial charge < -0.3 is 9.84 Å². The highest BCUT2D eigenvalue weighted by Gasteiger charge is 2.38. The van der Waals surface area contributed by atoms with E-state index >= 15 is 0 Å². The SMILES string of the molecule is Cc1cc(CN2C(=O)N[C@H](Cc3ccccc3)C2=O)on1. The number of carbonyl (C=O) groups is 2. The zero-order valence-electron chi connectivity index (χ0n) is 11.6. The van der Waals surface area contributed by atoms with Crippen LogP contribution in [0.25, 0.3) is 0 Å². The Balaban J connectivity index is 1.70. The normalized spacial score (nSPS) is 18.1. The first-order valence-electron chi connectivity index (χ1n) is 6.71. The number of nitrogens with one attached hydrogen (secondary N) is 1. The molecular weight excluding hydrogens is 270 g/mol. The quantitative estimate of drug-likeness (QED) is 0.867. The molecule has 1 aromatic carbocycles. The van der Waals surface area contributed by atoms with Crippen LogP contribution in [0.15, 0.2) is 40.9 Å². The second kappa shape index (κ2) is 5.40. The van der Waals surface area contributed by atoms with E-state index in [0.29, 0.717) is 12.2 Å². The highest BCUT2D eigenvalue weighted by atomic mass is 16.5. The Labute approximate surface area is 121 Å². The van der Waals surface area contributed by atoms with Gasteiger partial charge in [0.25, 0.3) is 5.91 Å². The lowest BCUT2D eigenvalue weighted by molar-refractivity contribution is -0.128. The van der Waals surface area contributed by atoms with Gasteiger partial charge in [-0.1, -0.05) is 35.5 Å². The number of imide groups is 1. The molecule has 3 amide bonds. The van der Waals surface area contributed by atoms with Crippen LogP contribution in [0.1, 0.15) is 17.0 Å². The van der Waals surface area contributed by atoms with Gasteiger partial charge in [0, 0.05) is 12.5 Å². The van der Waals surface area contributed by atoms with Gasteiger partial charge in [-0.3, -0.25) is 9.69 Å². The van der Waals surface area contributed by atoms with Crippen molar-refractivity contribution in [3.8, 4) is 0 Å². The van der Waals surface area contributed by atoms with Gasteiger partial charge >= 0.3 is 6.03 Å². The minimum atomic E-state index is -0.524. The maximum Gasteiger partial charge on any atom is 0.325 e. The van der Waals surface area contributed by atoms with E-state index in [1.54, 1.807) is 13.0 Å². The van der Waals surface area contributed by atoms with E-state index in [9.17, 15) is 9.59 Å². The summed E-state index contributed by atoms with van der Waals surface area (Å²) in [7, 11) is 0. The third-order valence-electron chi connectivity index (χ3n) is 3.38. The molecule has 1 aliphatic rings. The molecule has 6 heteroatoms. The zero-order valence-corrected chi connectivity index (χ0v) is 11.6. The molecule has 1 saturated heterocycles. The summed E-state index contributed by atoms with van der Waals surface area (Å²) in [5, 5.41) is 6.46. The Morgan fingerprint density at radius 2 is 2.05 bits per heavy atom. The van der Waals surface area contributed by atoms with E-state index in [1.165, 1.54) is 0 Å². The van der Waals surface area contributed by atoms with Gasteiger partial charge in [0.05, 0.1) is 12.2 Å². The molecule has 0 aliphatic carbocycles. The summed E-state index contributed by atoms with van der Waals surface area (Å²) in [6.07, 6.45) is 0.483. The fourth-order valence-corrected chi connectivity index (χ4v) is 2.36. The highest BCUT2D eigenvalue weighted by molar-refractivity contribution is 6.04. The fraction of sp³-hybridized carbons (Fsp3) is 0.267. The van der Waals surface area contributed by atoms with E-state index < -0.39 is 12.1 Å². The molecule has 0 saturated carbocycles. The molecule has 1 atom stereocenters. The van der Waals surface area contributed by atoms with Crippen LogP contribution < -0.4 is 5.32 Å². The molecule has 1 aliphatic heterocycles. The molecule has 1 fully saturated rings. The van der Waals surface area contributed by atoms with E-state index in [2.05, 4.69) is 10.5 Å². The molecule has 0 radical (unpaired) electrons. The Morgan fingerprint density at radius 3 is 2.71 bits per heavy atom. The number of aryl methyl sites for hydroxylation is 1. The molecule has 21 heavy (non-hydrogen) atoms. The second-order valence-corrected chi connectivity index (χ2v) is 5.05. The number of amides is 3. The van der Waals surface area contributed by atoms with Crippen LogP contribution in [0.4, 0.5) is 4.79 Å². The summed E-state index contributed by atoms with van der Waals surface area (Å²) in [6, 6.07) is 10.4. The van der Waals surface area contributed by atoms with Crippen molar-refractivity contribution in [2.45, 2.75) is 25.9 Å². The van der Waals surface area contributed by atoms with Gasteiger partial charge in [0.2, 0.25) is 0 Å².